The zero-order valence-electron chi connectivity index (χ0n) is 42.5. The van der Waals surface area contributed by atoms with E-state index in [-0.39, 0.29) is 101 Å². The van der Waals surface area contributed by atoms with E-state index >= 15 is 0 Å². The van der Waals surface area contributed by atoms with Crippen molar-refractivity contribution in [3.8, 4) is 5.75 Å². The van der Waals surface area contributed by atoms with Crippen LogP contribution in [0.15, 0.2) is 69.7 Å². The number of benzene rings is 2. The summed E-state index contributed by atoms with van der Waals surface area (Å²) < 4.78 is 0. The summed E-state index contributed by atoms with van der Waals surface area (Å²) in [4.78, 5) is 123. The van der Waals surface area contributed by atoms with Crippen LogP contribution in [0, 0.1) is 5.92 Å². The minimum absolute atomic E-state index is 0.00680. The number of H-pyrrole nitrogens is 1. The molecule has 75 heavy (non-hydrogen) atoms. The van der Waals surface area contributed by atoms with Gasteiger partial charge in [-0.15, -0.1) is 0 Å². The molecule has 410 valence electrons. The summed E-state index contributed by atoms with van der Waals surface area (Å²) in [5.41, 5.74) is 40.6. The molecule has 27 nitrogen and oxygen atoms in total. The molecule has 0 fully saturated rings. The first-order chi connectivity index (χ1) is 35.5. The maximum atomic E-state index is 14.4. The average molecular weight is 1050 g/mol. The van der Waals surface area contributed by atoms with E-state index in [1.165, 1.54) is 31.2 Å². The Kier molecular flexibility index (Phi) is 25.1. The van der Waals surface area contributed by atoms with Gasteiger partial charge in [0.05, 0.1) is 6.54 Å². The number of nitrogens with two attached hydrogens (primary N) is 7. The van der Waals surface area contributed by atoms with E-state index in [0.29, 0.717) is 17.5 Å². The van der Waals surface area contributed by atoms with Crippen LogP contribution in [0.1, 0.15) is 76.8 Å². The van der Waals surface area contributed by atoms with E-state index in [1.54, 1.807) is 20.0 Å². The SMILES string of the molecule is CC(=O)N[C@@H](CCCN=C(N)N)C(=O)NCC(=O)N[C@@H](Cc1ccc(O)cc1)C(=O)N[C@@H](CCCN=C(N)N)C(=O)N[C@@H](CC(C)C)C(=O)N[C@@H](CCCN=C(N)N)C(=O)N[C@@H](Cc1c[nH]c2ccccc12)C(N)=O. The standard InChI is InChI=1S/C48H74N18O9/c1-26(2)21-37(44(74)63-34(12-7-19-57-47(52)53)42(72)65-36(40(49)70)23-29-24-59-32-10-5-4-9-31(29)32)66-43(73)35(13-8-20-58-48(54)55)64-45(75)38(22-28-14-16-30(68)17-15-28)62-39(69)25-60-41(71)33(61-27(3)67)11-6-18-56-46(50)51/h4-5,9-10,14-17,24,26,33-38,59,68H,6-8,11-13,18-23,25H2,1-3H3,(H2,49,70)(H,60,71)(H,61,67)(H,62,69)(H,63,74)(H,64,75)(H,65,72)(H,66,73)(H4,50,51,56)(H4,52,53,57)(H4,54,55,58)/t33-,34-,35-,36-,37-,38-/m0/s1. The number of carbonyl (C=O) groups excluding carboxylic acids is 8. The van der Waals surface area contributed by atoms with Crippen LogP contribution in [0.25, 0.3) is 10.9 Å². The largest absolute Gasteiger partial charge is 0.508 e. The number of phenolic OH excluding ortho intramolecular Hbond substituents is 1. The van der Waals surface area contributed by atoms with Gasteiger partial charge in [0.15, 0.2) is 17.9 Å². The number of primary amides is 1. The summed E-state index contributed by atoms with van der Waals surface area (Å²) in [6, 6.07) is 5.61. The third-order valence-corrected chi connectivity index (χ3v) is 11.3. The van der Waals surface area contributed by atoms with Crippen molar-refractivity contribution in [2.75, 3.05) is 26.2 Å². The fourth-order valence-electron chi connectivity index (χ4n) is 7.71. The normalized spacial score (nSPS) is 13.3. The molecule has 1 aromatic heterocycles. The number of hydrogen-bond donors (Lipinski definition) is 16. The Bertz CT molecular complexity index is 2500. The van der Waals surface area contributed by atoms with Gasteiger partial charge in [-0.2, -0.15) is 0 Å². The van der Waals surface area contributed by atoms with Crippen LogP contribution < -0.4 is 77.4 Å². The predicted molar refractivity (Wildman–Crippen MR) is 282 cm³/mol. The lowest BCUT2D eigenvalue weighted by molar-refractivity contribution is -0.135. The zero-order chi connectivity index (χ0) is 55.6. The Hall–Kier alpha value is -8.65. The number of aromatic amines is 1. The highest BCUT2D eigenvalue weighted by Gasteiger charge is 2.33. The number of nitrogens with zero attached hydrogens (tertiary/aromatic N) is 3. The molecule has 0 aliphatic rings. The number of fused-ring (bicyclic) bond motifs is 1. The van der Waals surface area contributed by atoms with Crippen LogP contribution in [0.2, 0.25) is 0 Å². The molecule has 2 aromatic carbocycles. The lowest BCUT2D eigenvalue weighted by Gasteiger charge is -2.28. The van der Waals surface area contributed by atoms with E-state index in [2.05, 4.69) is 57.2 Å². The van der Waals surface area contributed by atoms with Gasteiger partial charge in [0.1, 0.15) is 42.0 Å². The topological polar surface area (TPSA) is 476 Å². The molecule has 3 aromatic rings. The van der Waals surface area contributed by atoms with Gasteiger partial charge in [-0.25, -0.2) is 0 Å². The van der Waals surface area contributed by atoms with E-state index in [9.17, 15) is 43.5 Å². The molecule has 0 spiro atoms. The maximum absolute atomic E-state index is 14.4. The van der Waals surface area contributed by atoms with Crippen LogP contribution in [0.4, 0.5) is 0 Å². The van der Waals surface area contributed by atoms with E-state index < -0.39 is 90.1 Å². The highest BCUT2D eigenvalue weighted by Crippen LogP contribution is 2.20. The minimum Gasteiger partial charge on any atom is -0.508 e. The van der Waals surface area contributed by atoms with Crippen molar-refractivity contribution in [1.29, 1.82) is 0 Å². The molecule has 0 saturated carbocycles. The van der Waals surface area contributed by atoms with Crippen LogP contribution in [-0.2, 0) is 51.2 Å². The summed E-state index contributed by atoms with van der Waals surface area (Å²) in [7, 11) is 0. The molecular formula is C48H74N18O9. The molecule has 0 unspecified atom stereocenters. The van der Waals surface area contributed by atoms with Crippen LogP contribution in [0.5, 0.6) is 5.75 Å². The monoisotopic (exact) mass is 1050 g/mol. The number of phenols is 1. The molecule has 1 heterocycles. The number of amides is 8. The molecule has 0 radical (unpaired) electrons. The van der Waals surface area contributed by atoms with E-state index in [4.69, 9.17) is 40.1 Å². The van der Waals surface area contributed by atoms with Crippen molar-refractivity contribution in [1.82, 2.24) is 42.2 Å². The Morgan fingerprint density at radius 2 is 1.03 bits per heavy atom. The first-order valence-corrected chi connectivity index (χ1v) is 24.4. The number of aromatic nitrogens is 1. The molecule has 27 heteroatoms. The Morgan fingerprint density at radius 3 is 1.52 bits per heavy atom. The molecule has 6 atom stereocenters. The molecule has 0 bridgehead atoms. The number of para-hydroxylation sites is 1. The first-order valence-electron chi connectivity index (χ1n) is 24.4. The highest BCUT2D eigenvalue weighted by atomic mass is 16.3. The second-order valence-electron chi connectivity index (χ2n) is 18.1. The van der Waals surface area contributed by atoms with E-state index in [0.717, 1.165) is 10.9 Å². The van der Waals surface area contributed by atoms with Crippen molar-refractivity contribution in [2.45, 2.75) is 115 Å². The highest BCUT2D eigenvalue weighted by molar-refractivity contribution is 5.97. The molecule has 0 saturated heterocycles. The van der Waals surface area contributed by atoms with Gasteiger partial charge in [0.2, 0.25) is 47.3 Å². The molecule has 0 aliphatic heterocycles. The van der Waals surface area contributed by atoms with Crippen molar-refractivity contribution in [2.24, 2.45) is 61.0 Å². The van der Waals surface area contributed by atoms with Gasteiger partial charge in [-0.1, -0.05) is 44.2 Å². The lowest BCUT2D eigenvalue weighted by Crippen LogP contribution is -2.59. The third kappa shape index (κ3) is 22.8. The lowest BCUT2D eigenvalue weighted by atomic mass is 10.00. The van der Waals surface area contributed by atoms with E-state index in [1.807, 2.05) is 24.3 Å². The van der Waals surface area contributed by atoms with Crippen LogP contribution >= 0.6 is 0 Å². The first kappa shape index (κ1) is 60.7. The summed E-state index contributed by atoms with van der Waals surface area (Å²) in [5, 5.41) is 29.1. The molecule has 8 amide bonds. The Morgan fingerprint density at radius 1 is 0.560 bits per heavy atom. The van der Waals surface area contributed by atoms with Crippen molar-refractivity contribution < 1.29 is 43.5 Å². The second-order valence-corrected chi connectivity index (χ2v) is 18.1. The molecule has 3 rings (SSSR count). The maximum Gasteiger partial charge on any atom is 0.243 e. The zero-order valence-corrected chi connectivity index (χ0v) is 42.5. The second kappa shape index (κ2) is 31.1. The number of aliphatic imine (C=N–C) groups is 3. The van der Waals surface area contributed by atoms with Crippen molar-refractivity contribution >= 4 is 76.0 Å². The third-order valence-electron chi connectivity index (χ3n) is 11.3. The van der Waals surface area contributed by atoms with Crippen molar-refractivity contribution in [3.63, 3.8) is 0 Å². The predicted octanol–water partition coefficient (Wildman–Crippen LogP) is -3.60. The molecule has 23 N–H and O–H groups in total. The van der Waals surface area contributed by atoms with Gasteiger partial charge in [-0.3, -0.25) is 53.3 Å². The summed E-state index contributed by atoms with van der Waals surface area (Å²) >= 11 is 0. The van der Waals surface area contributed by atoms with Crippen molar-refractivity contribution in [3.05, 3.63) is 65.9 Å². The van der Waals surface area contributed by atoms with Gasteiger partial charge < -0.3 is 87.4 Å². The average Bonchev–Trinajstić information content (AvgIpc) is 3.75. The summed E-state index contributed by atoms with van der Waals surface area (Å²) in [5.74, 6) is -6.85. The van der Waals surface area contributed by atoms with Gasteiger partial charge in [0, 0.05) is 56.5 Å². The van der Waals surface area contributed by atoms with Gasteiger partial charge >= 0.3 is 0 Å². The Labute approximate surface area is 434 Å². The fraction of sp³-hybridized carbons (Fsp3) is 0.479. The van der Waals surface area contributed by atoms with Crippen LogP contribution in [-0.4, -0.2) is 138 Å². The number of rotatable bonds is 32. The van der Waals surface area contributed by atoms with Crippen LogP contribution in [0.3, 0.4) is 0 Å². The number of aromatic hydroxyl groups is 1. The number of nitrogens with one attached hydrogen (secondary N) is 8. The quantitative estimate of drug-likeness (QED) is 0.0163. The number of hydrogen-bond acceptors (Lipinski definition) is 12. The molecule has 0 aliphatic carbocycles. The minimum atomic E-state index is -1.38. The molecular weight excluding hydrogens is 973 g/mol. The number of guanidine groups is 3. The smallest absolute Gasteiger partial charge is 0.243 e. The summed E-state index contributed by atoms with van der Waals surface area (Å²) in [6.07, 6.45) is 2.36. The fourth-order valence-corrected chi connectivity index (χ4v) is 7.71. The van der Waals surface area contributed by atoms with Gasteiger partial charge in [0.25, 0.3) is 0 Å². The number of carbonyl (C=O) groups is 8. The van der Waals surface area contributed by atoms with Gasteiger partial charge in [-0.05, 0) is 80.2 Å². The Balaban J connectivity index is 1.89. The summed E-state index contributed by atoms with van der Waals surface area (Å²) in [6.45, 7) is 4.51.